The first-order valence-corrected chi connectivity index (χ1v) is 10.1. The van der Waals surface area contributed by atoms with E-state index in [0.29, 0.717) is 13.0 Å². The number of hydrogen-bond acceptors (Lipinski definition) is 4. The Balaban J connectivity index is 1.31. The fourth-order valence-electron chi connectivity index (χ4n) is 3.70. The highest BCUT2D eigenvalue weighted by atomic mass is 16.5. The van der Waals surface area contributed by atoms with Gasteiger partial charge in [-0.25, -0.2) is 4.98 Å². The minimum atomic E-state index is 0.370. The molecule has 5 aromatic rings. The van der Waals surface area contributed by atoms with Gasteiger partial charge in [0.05, 0.1) is 24.2 Å². The molecule has 2 heterocycles. The summed E-state index contributed by atoms with van der Waals surface area (Å²) in [5.74, 6) is 2.31. The predicted octanol–water partition coefficient (Wildman–Crippen LogP) is 6.19. The summed E-state index contributed by atoms with van der Waals surface area (Å²) in [4.78, 5) is 7.93. The van der Waals surface area contributed by atoms with Gasteiger partial charge in [0.15, 0.2) is 0 Å². The number of benzene rings is 3. The normalized spacial score (nSPS) is 10.8. The summed E-state index contributed by atoms with van der Waals surface area (Å²) in [6.45, 7) is 0.631. The molecule has 0 aliphatic carbocycles. The Morgan fingerprint density at radius 2 is 1.61 bits per heavy atom. The van der Waals surface area contributed by atoms with Gasteiger partial charge in [-0.2, -0.15) is 5.26 Å². The van der Waals surface area contributed by atoms with Gasteiger partial charge < -0.3 is 15.0 Å². The predicted molar refractivity (Wildman–Crippen MR) is 123 cm³/mol. The monoisotopic (exact) mass is 404 g/mol. The summed E-state index contributed by atoms with van der Waals surface area (Å²) < 4.78 is 6.00. The fraction of sp³-hybridized carbons (Fsp3) is 0.0769. The number of nitriles is 1. The van der Waals surface area contributed by atoms with Crippen molar-refractivity contribution in [1.29, 1.82) is 5.26 Å². The standard InChI is InChI=1S/C26H20N4O/c27-12-11-18-5-3-7-20(13-18)31-21-8-4-6-19(14-21)16-28-26-15-23-22-9-1-2-10-24(22)30-25(23)17-29-26/h1-10,13-15,17,30H,11,16H2,(H,28,29). The summed E-state index contributed by atoms with van der Waals surface area (Å²) in [5, 5.41) is 14.6. The molecule has 0 aliphatic rings. The van der Waals surface area contributed by atoms with E-state index in [2.05, 4.69) is 45.6 Å². The van der Waals surface area contributed by atoms with Crippen LogP contribution in [0.15, 0.2) is 85.1 Å². The Hall–Kier alpha value is -4.30. The van der Waals surface area contributed by atoms with Crippen molar-refractivity contribution in [1.82, 2.24) is 9.97 Å². The Morgan fingerprint density at radius 3 is 2.45 bits per heavy atom. The average Bonchev–Trinajstić information content (AvgIpc) is 3.16. The summed E-state index contributed by atoms with van der Waals surface area (Å²) in [6, 6.07) is 28.1. The van der Waals surface area contributed by atoms with Crippen molar-refractivity contribution in [2.24, 2.45) is 0 Å². The number of ether oxygens (including phenoxy) is 1. The number of aromatic nitrogens is 2. The highest BCUT2D eigenvalue weighted by Gasteiger charge is 2.06. The van der Waals surface area contributed by atoms with Gasteiger partial charge in [-0.1, -0.05) is 42.5 Å². The molecule has 150 valence electrons. The number of fused-ring (bicyclic) bond motifs is 3. The van der Waals surface area contributed by atoms with E-state index in [1.807, 2.05) is 60.8 Å². The maximum atomic E-state index is 8.88. The topological polar surface area (TPSA) is 73.7 Å². The molecule has 5 rings (SSSR count). The number of rotatable bonds is 6. The Morgan fingerprint density at radius 1 is 0.839 bits per heavy atom. The average molecular weight is 404 g/mol. The zero-order chi connectivity index (χ0) is 21.0. The van der Waals surface area contributed by atoms with Crippen molar-refractivity contribution < 1.29 is 4.74 Å². The van der Waals surface area contributed by atoms with E-state index in [1.54, 1.807) is 0 Å². The second kappa shape index (κ2) is 8.21. The molecule has 0 unspecified atom stereocenters. The van der Waals surface area contributed by atoms with E-state index >= 15 is 0 Å². The number of para-hydroxylation sites is 1. The lowest BCUT2D eigenvalue weighted by molar-refractivity contribution is 0.481. The van der Waals surface area contributed by atoms with E-state index in [4.69, 9.17) is 10.00 Å². The van der Waals surface area contributed by atoms with Crippen LogP contribution in [0.1, 0.15) is 11.1 Å². The lowest BCUT2D eigenvalue weighted by atomic mass is 10.1. The molecular formula is C26H20N4O. The summed E-state index contributed by atoms with van der Waals surface area (Å²) in [5.41, 5.74) is 4.17. The lowest BCUT2D eigenvalue weighted by Gasteiger charge is -2.10. The molecule has 31 heavy (non-hydrogen) atoms. The van der Waals surface area contributed by atoms with E-state index in [0.717, 1.165) is 44.9 Å². The Bertz CT molecular complexity index is 1410. The second-order valence-corrected chi connectivity index (χ2v) is 7.37. The third-order valence-corrected chi connectivity index (χ3v) is 5.18. The zero-order valence-corrected chi connectivity index (χ0v) is 16.8. The van der Waals surface area contributed by atoms with Crippen LogP contribution < -0.4 is 10.1 Å². The number of hydrogen-bond donors (Lipinski definition) is 2. The first kappa shape index (κ1) is 18.7. The van der Waals surface area contributed by atoms with Gasteiger partial charge in [0, 0.05) is 22.8 Å². The van der Waals surface area contributed by atoms with Crippen LogP contribution in [0.3, 0.4) is 0 Å². The highest BCUT2D eigenvalue weighted by Crippen LogP contribution is 2.27. The van der Waals surface area contributed by atoms with Crippen LogP contribution in [-0.2, 0) is 13.0 Å². The van der Waals surface area contributed by atoms with Crippen LogP contribution >= 0.6 is 0 Å². The van der Waals surface area contributed by atoms with Gasteiger partial charge in [-0.05, 0) is 47.5 Å². The molecule has 5 heteroatoms. The van der Waals surface area contributed by atoms with Crippen LogP contribution in [-0.4, -0.2) is 9.97 Å². The highest BCUT2D eigenvalue weighted by molar-refractivity contribution is 6.07. The van der Waals surface area contributed by atoms with Crippen LogP contribution in [0.4, 0.5) is 5.82 Å². The molecule has 0 saturated carbocycles. The molecule has 0 saturated heterocycles. The van der Waals surface area contributed by atoms with Crippen LogP contribution in [0.25, 0.3) is 21.8 Å². The molecule has 0 amide bonds. The first-order valence-electron chi connectivity index (χ1n) is 10.1. The molecule has 0 radical (unpaired) electrons. The van der Waals surface area contributed by atoms with Crippen molar-refractivity contribution in [3.05, 3.63) is 96.2 Å². The largest absolute Gasteiger partial charge is 0.457 e. The number of nitrogens with one attached hydrogen (secondary N) is 2. The molecule has 0 atom stereocenters. The van der Waals surface area contributed by atoms with Crippen LogP contribution in [0, 0.1) is 11.3 Å². The van der Waals surface area contributed by atoms with E-state index in [9.17, 15) is 0 Å². The third kappa shape index (κ3) is 4.05. The molecular weight excluding hydrogens is 384 g/mol. The molecule has 3 aromatic carbocycles. The SMILES string of the molecule is N#CCc1cccc(Oc2cccc(CNc3cc4c(cn3)[nH]c3ccccc34)c2)c1. The maximum Gasteiger partial charge on any atom is 0.127 e. The maximum absolute atomic E-state index is 8.88. The number of nitrogens with zero attached hydrogens (tertiary/aromatic N) is 2. The molecule has 0 fully saturated rings. The third-order valence-electron chi connectivity index (χ3n) is 5.18. The first-order chi connectivity index (χ1) is 15.3. The van der Waals surface area contributed by atoms with Crippen molar-refractivity contribution in [3.63, 3.8) is 0 Å². The minimum absolute atomic E-state index is 0.370. The van der Waals surface area contributed by atoms with Crippen LogP contribution in [0.5, 0.6) is 11.5 Å². The van der Waals surface area contributed by atoms with E-state index < -0.39 is 0 Å². The summed E-state index contributed by atoms with van der Waals surface area (Å²) >= 11 is 0. The molecule has 2 aromatic heterocycles. The Labute approximate surface area is 179 Å². The lowest BCUT2D eigenvalue weighted by Crippen LogP contribution is -2.01. The molecule has 0 aliphatic heterocycles. The Kier molecular flexibility index (Phi) is 4.96. The molecule has 0 bridgehead atoms. The van der Waals surface area contributed by atoms with Crippen LogP contribution in [0.2, 0.25) is 0 Å². The fourth-order valence-corrected chi connectivity index (χ4v) is 3.70. The van der Waals surface area contributed by atoms with Crippen molar-refractivity contribution in [3.8, 4) is 17.6 Å². The van der Waals surface area contributed by atoms with Gasteiger partial charge in [-0.15, -0.1) is 0 Å². The molecule has 0 spiro atoms. The van der Waals surface area contributed by atoms with E-state index in [1.165, 1.54) is 5.39 Å². The zero-order valence-electron chi connectivity index (χ0n) is 16.8. The van der Waals surface area contributed by atoms with E-state index in [-0.39, 0.29) is 0 Å². The smallest absolute Gasteiger partial charge is 0.127 e. The molecule has 2 N–H and O–H groups in total. The van der Waals surface area contributed by atoms with Crippen molar-refractivity contribution in [2.45, 2.75) is 13.0 Å². The number of anilines is 1. The van der Waals surface area contributed by atoms with Gasteiger partial charge in [0.1, 0.15) is 17.3 Å². The summed E-state index contributed by atoms with van der Waals surface area (Å²) in [6.07, 6.45) is 2.24. The number of aromatic amines is 1. The second-order valence-electron chi connectivity index (χ2n) is 7.37. The van der Waals surface area contributed by atoms with Gasteiger partial charge >= 0.3 is 0 Å². The quantitative estimate of drug-likeness (QED) is 0.354. The summed E-state index contributed by atoms with van der Waals surface area (Å²) in [7, 11) is 0. The number of pyridine rings is 1. The van der Waals surface area contributed by atoms with Crippen molar-refractivity contribution in [2.75, 3.05) is 5.32 Å². The molecule has 5 nitrogen and oxygen atoms in total. The van der Waals surface area contributed by atoms with Crippen molar-refractivity contribution >= 4 is 27.6 Å². The minimum Gasteiger partial charge on any atom is -0.457 e. The van der Waals surface area contributed by atoms with Gasteiger partial charge in [0.2, 0.25) is 0 Å². The van der Waals surface area contributed by atoms with Gasteiger partial charge in [-0.3, -0.25) is 0 Å². The van der Waals surface area contributed by atoms with Gasteiger partial charge in [0.25, 0.3) is 0 Å². The number of H-pyrrole nitrogens is 1.